The summed E-state index contributed by atoms with van der Waals surface area (Å²) in [6, 6.07) is 10.1. The van der Waals surface area contributed by atoms with Crippen LogP contribution >= 0.6 is 22.7 Å². The van der Waals surface area contributed by atoms with Crippen molar-refractivity contribution in [2.75, 3.05) is 18.5 Å². The lowest BCUT2D eigenvalue weighted by Crippen LogP contribution is -2.30. The summed E-state index contributed by atoms with van der Waals surface area (Å²) in [5.74, 6) is -0.344. The highest BCUT2D eigenvalue weighted by Gasteiger charge is 2.27. The van der Waals surface area contributed by atoms with Gasteiger partial charge < -0.3 is 15.4 Å². The predicted octanol–water partition coefficient (Wildman–Crippen LogP) is 5.50. The zero-order valence-electron chi connectivity index (χ0n) is 19.3. The molecule has 34 heavy (non-hydrogen) atoms. The Labute approximate surface area is 207 Å². The second-order valence-electron chi connectivity index (χ2n) is 8.55. The first-order valence-corrected chi connectivity index (χ1v) is 13.5. The molecule has 8 heteroatoms. The van der Waals surface area contributed by atoms with Crippen molar-refractivity contribution < 1.29 is 14.3 Å². The first-order chi connectivity index (χ1) is 16.7. The molecule has 0 saturated carbocycles. The molecule has 5 rings (SSSR count). The van der Waals surface area contributed by atoms with Crippen LogP contribution in [0.5, 0.6) is 0 Å². The molecule has 1 aliphatic carbocycles. The topological polar surface area (TPSA) is 79.5 Å². The normalized spacial score (nSPS) is 14.7. The van der Waals surface area contributed by atoms with Gasteiger partial charge in [0.05, 0.1) is 12.2 Å². The average Bonchev–Trinajstić information content (AvgIpc) is 3.41. The number of nitrogens with one attached hydrogen (secondary N) is 3. The van der Waals surface area contributed by atoms with Crippen molar-refractivity contribution in [2.24, 2.45) is 0 Å². The van der Waals surface area contributed by atoms with E-state index in [1.54, 1.807) is 6.92 Å². The van der Waals surface area contributed by atoms with Crippen LogP contribution in [0.15, 0.2) is 30.3 Å². The minimum absolute atomic E-state index is 0.294. The highest BCUT2D eigenvalue weighted by atomic mass is 32.1. The van der Waals surface area contributed by atoms with Gasteiger partial charge in [0.25, 0.3) is 0 Å². The molecule has 1 aliphatic heterocycles. The summed E-state index contributed by atoms with van der Waals surface area (Å²) in [4.78, 5) is 29.4. The van der Waals surface area contributed by atoms with Gasteiger partial charge in [0, 0.05) is 27.7 Å². The lowest BCUT2D eigenvalue weighted by atomic mass is 9.95. The molecule has 2 aliphatic rings. The molecular weight excluding hydrogens is 466 g/mol. The highest BCUT2D eigenvalue weighted by molar-refractivity contribution is 7.17. The SMILES string of the molecule is CCOC(=O)c1c(NC(=O)NCc2c(-c3ccccc3)sc3c2CCNC3)sc2c1CCCC2. The molecule has 0 saturated heterocycles. The van der Waals surface area contributed by atoms with E-state index in [-0.39, 0.29) is 12.0 Å². The van der Waals surface area contributed by atoms with Crippen LogP contribution in [0.2, 0.25) is 0 Å². The molecule has 0 bridgehead atoms. The summed E-state index contributed by atoms with van der Waals surface area (Å²) >= 11 is 3.32. The first-order valence-electron chi connectivity index (χ1n) is 11.9. The standard InChI is InChI=1S/C26H29N3O3S2/c1-2-32-25(30)22-18-10-6-7-11-20(18)34-24(22)29-26(31)28-14-19-17-12-13-27-15-21(17)33-23(19)16-8-4-3-5-9-16/h3-5,8-9,27H,2,6-7,10-15H2,1H3,(H2,28,29,31). The molecule has 3 heterocycles. The van der Waals surface area contributed by atoms with Crippen LogP contribution in [-0.4, -0.2) is 25.2 Å². The van der Waals surface area contributed by atoms with Crippen molar-refractivity contribution in [2.45, 2.75) is 52.1 Å². The summed E-state index contributed by atoms with van der Waals surface area (Å²) in [7, 11) is 0. The van der Waals surface area contributed by atoms with E-state index in [1.165, 1.54) is 42.7 Å². The van der Waals surface area contributed by atoms with E-state index in [9.17, 15) is 9.59 Å². The number of esters is 1. The molecule has 0 spiro atoms. The van der Waals surface area contributed by atoms with Gasteiger partial charge in [-0.3, -0.25) is 5.32 Å². The number of ether oxygens (including phenoxy) is 1. The Balaban J connectivity index is 1.37. The first kappa shape index (κ1) is 23.1. The Hall–Kier alpha value is -2.68. The van der Waals surface area contributed by atoms with Gasteiger partial charge in [-0.1, -0.05) is 30.3 Å². The summed E-state index contributed by atoms with van der Waals surface area (Å²) in [6.45, 7) is 4.38. The maximum atomic E-state index is 13.0. The van der Waals surface area contributed by atoms with Gasteiger partial charge in [-0.15, -0.1) is 22.7 Å². The highest BCUT2D eigenvalue weighted by Crippen LogP contribution is 2.40. The van der Waals surface area contributed by atoms with Gasteiger partial charge in [0.1, 0.15) is 5.00 Å². The van der Waals surface area contributed by atoms with Crippen molar-refractivity contribution >= 4 is 39.7 Å². The maximum absolute atomic E-state index is 13.0. The summed E-state index contributed by atoms with van der Waals surface area (Å²) in [5, 5.41) is 10.1. The molecule has 0 atom stereocenters. The van der Waals surface area contributed by atoms with Gasteiger partial charge in [-0.2, -0.15) is 0 Å². The van der Waals surface area contributed by atoms with Gasteiger partial charge in [-0.25, -0.2) is 9.59 Å². The summed E-state index contributed by atoms with van der Waals surface area (Å²) in [6.07, 6.45) is 4.94. The molecular formula is C26H29N3O3S2. The quantitative estimate of drug-likeness (QED) is 0.395. The molecule has 6 nitrogen and oxygen atoms in total. The predicted molar refractivity (Wildman–Crippen MR) is 138 cm³/mol. The molecule has 0 unspecified atom stereocenters. The number of aryl methyl sites for hydroxylation is 1. The van der Waals surface area contributed by atoms with E-state index in [0.29, 0.717) is 23.7 Å². The number of benzene rings is 1. The van der Waals surface area contributed by atoms with E-state index in [1.807, 2.05) is 29.5 Å². The van der Waals surface area contributed by atoms with Crippen LogP contribution in [0.4, 0.5) is 9.80 Å². The smallest absolute Gasteiger partial charge is 0.341 e. The number of fused-ring (bicyclic) bond motifs is 2. The number of carbonyl (C=O) groups is 2. The summed E-state index contributed by atoms with van der Waals surface area (Å²) < 4.78 is 5.31. The van der Waals surface area contributed by atoms with Crippen molar-refractivity contribution in [1.29, 1.82) is 0 Å². The van der Waals surface area contributed by atoms with Crippen molar-refractivity contribution in [3.8, 4) is 10.4 Å². The fourth-order valence-electron chi connectivity index (χ4n) is 4.80. The maximum Gasteiger partial charge on any atom is 0.341 e. The Bertz CT molecular complexity index is 1200. The van der Waals surface area contributed by atoms with E-state index in [4.69, 9.17) is 4.74 Å². The fraction of sp³-hybridized carbons (Fsp3) is 0.385. The van der Waals surface area contributed by atoms with Crippen LogP contribution in [0, 0.1) is 0 Å². The minimum Gasteiger partial charge on any atom is -0.462 e. The Morgan fingerprint density at radius 3 is 2.68 bits per heavy atom. The molecule has 3 aromatic rings. The van der Waals surface area contributed by atoms with E-state index in [0.717, 1.165) is 50.8 Å². The molecule has 2 amide bonds. The van der Waals surface area contributed by atoms with Gasteiger partial charge >= 0.3 is 12.0 Å². The van der Waals surface area contributed by atoms with E-state index < -0.39 is 0 Å². The monoisotopic (exact) mass is 495 g/mol. The third-order valence-corrected chi connectivity index (χ3v) is 8.91. The molecule has 1 aromatic carbocycles. The number of rotatable bonds is 6. The van der Waals surface area contributed by atoms with Gasteiger partial charge in [0.2, 0.25) is 0 Å². The average molecular weight is 496 g/mol. The second kappa shape index (κ2) is 10.3. The zero-order valence-corrected chi connectivity index (χ0v) is 20.9. The molecule has 2 aromatic heterocycles. The van der Waals surface area contributed by atoms with Crippen LogP contribution in [0.1, 0.15) is 56.6 Å². The van der Waals surface area contributed by atoms with Crippen molar-refractivity contribution in [1.82, 2.24) is 10.6 Å². The number of hydrogen-bond acceptors (Lipinski definition) is 6. The Morgan fingerprint density at radius 2 is 1.85 bits per heavy atom. The number of urea groups is 1. The van der Waals surface area contributed by atoms with Crippen molar-refractivity contribution in [3.63, 3.8) is 0 Å². The van der Waals surface area contributed by atoms with Crippen LogP contribution < -0.4 is 16.0 Å². The van der Waals surface area contributed by atoms with Crippen LogP contribution in [-0.2, 0) is 37.1 Å². The molecule has 0 fully saturated rings. The second-order valence-corrected chi connectivity index (χ2v) is 10.8. The molecule has 3 N–H and O–H groups in total. The fourth-order valence-corrected chi connectivity index (χ4v) is 7.41. The Kier molecular flexibility index (Phi) is 6.99. The van der Waals surface area contributed by atoms with E-state index in [2.05, 4.69) is 28.1 Å². The third-order valence-electron chi connectivity index (χ3n) is 6.38. The largest absolute Gasteiger partial charge is 0.462 e. The minimum atomic E-state index is -0.344. The number of hydrogen-bond donors (Lipinski definition) is 3. The van der Waals surface area contributed by atoms with E-state index >= 15 is 0 Å². The number of amides is 2. The number of carbonyl (C=O) groups excluding carboxylic acids is 2. The zero-order chi connectivity index (χ0) is 23.5. The number of thiophene rings is 2. The number of anilines is 1. The lowest BCUT2D eigenvalue weighted by Gasteiger charge is -2.15. The van der Waals surface area contributed by atoms with Gasteiger partial charge in [-0.05, 0) is 67.8 Å². The molecule has 178 valence electrons. The lowest BCUT2D eigenvalue weighted by molar-refractivity contribution is 0.0526. The summed E-state index contributed by atoms with van der Waals surface area (Å²) in [5.41, 5.74) is 5.31. The third kappa shape index (κ3) is 4.62. The molecule has 0 radical (unpaired) electrons. The Morgan fingerprint density at radius 1 is 1.03 bits per heavy atom. The van der Waals surface area contributed by atoms with Crippen LogP contribution in [0.3, 0.4) is 0 Å². The van der Waals surface area contributed by atoms with Crippen LogP contribution in [0.25, 0.3) is 10.4 Å². The van der Waals surface area contributed by atoms with Crippen molar-refractivity contribution in [3.05, 3.63) is 62.3 Å². The van der Waals surface area contributed by atoms with Gasteiger partial charge in [0.15, 0.2) is 0 Å².